The van der Waals surface area contributed by atoms with E-state index in [9.17, 15) is 4.79 Å². The monoisotopic (exact) mass is 316 g/mol. The van der Waals surface area contributed by atoms with E-state index in [4.69, 9.17) is 5.11 Å². The Morgan fingerprint density at radius 3 is 2.61 bits per heavy atom. The summed E-state index contributed by atoms with van der Waals surface area (Å²) in [7, 11) is 0. The normalized spacial score (nSPS) is 10.8. The summed E-state index contributed by atoms with van der Waals surface area (Å²) in [6.07, 6.45) is 4.22. The smallest absolute Gasteiger partial charge is 0.319 e. The van der Waals surface area contributed by atoms with Crippen LogP contribution in [0.15, 0.2) is 36.7 Å². The summed E-state index contributed by atoms with van der Waals surface area (Å²) in [6, 6.07) is 7.46. The Morgan fingerprint density at radius 1 is 1.26 bits per heavy atom. The van der Waals surface area contributed by atoms with Crippen LogP contribution < -0.4 is 10.6 Å². The van der Waals surface area contributed by atoms with Crippen LogP contribution in [0.25, 0.3) is 0 Å². The first kappa shape index (κ1) is 17.0. The van der Waals surface area contributed by atoms with Crippen molar-refractivity contribution in [1.29, 1.82) is 0 Å². The van der Waals surface area contributed by atoms with E-state index in [-0.39, 0.29) is 12.6 Å². The first-order chi connectivity index (χ1) is 11.1. The number of hydrogen-bond donors (Lipinski definition) is 3. The van der Waals surface area contributed by atoms with Gasteiger partial charge >= 0.3 is 6.03 Å². The minimum absolute atomic E-state index is 0.0471. The first-order valence-corrected chi connectivity index (χ1v) is 7.83. The van der Waals surface area contributed by atoms with E-state index in [0.717, 1.165) is 24.1 Å². The van der Waals surface area contributed by atoms with E-state index in [1.54, 1.807) is 6.20 Å². The second-order valence-corrected chi connectivity index (χ2v) is 5.95. The van der Waals surface area contributed by atoms with E-state index < -0.39 is 0 Å². The summed E-state index contributed by atoms with van der Waals surface area (Å²) >= 11 is 0. The molecule has 2 rings (SSSR count). The predicted molar refractivity (Wildman–Crippen MR) is 90.2 cm³/mol. The molecule has 3 N–H and O–H groups in total. The number of aliphatic hydroxyl groups is 1. The van der Waals surface area contributed by atoms with Crippen molar-refractivity contribution >= 4 is 11.7 Å². The summed E-state index contributed by atoms with van der Waals surface area (Å²) in [4.78, 5) is 11.8. The van der Waals surface area contributed by atoms with Crippen LogP contribution in [0.1, 0.15) is 25.0 Å². The van der Waals surface area contributed by atoms with Crippen LogP contribution in [0, 0.1) is 5.92 Å². The molecule has 124 valence electrons. The fourth-order valence-corrected chi connectivity index (χ4v) is 2.21. The quantitative estimate of drug-likeness (QED) is 0.734. The van der Waals surface area contributed by atoms with Gasteiger partial charge in [0.25, 0.3) is 0 Å². The molecule has 0 aliphatic rings. The Labute approximate surface area is 136 Å². The standard InChI is InChI=1S/C17H24N4O2/c1-13(2)10-21-11-16(9-19-21)20-17(23)18-8-7-14-3-5-15(12-22)6-4-14/h3-6,9,11,13,22H,7-8,10,12H2,1-2H3,(H2,18,20,23). The second kappa shape index (κ2) is 8.33. The Bertz CT molecular complexity index is 620. The molecule has 0 atom stereocenters. The molecule has 1 aromatic heterocycles. The zero-order chi connectivity index (χ0) is 16.7. The van der Waals surface area contributed by atoms with Crippen molar-refractivity contribution in [2.24, 2.45) is 5.92 Å². The van der Waals surface area contributed by atoms with Crippen LogP contribution in [0.3, 0.4) is 0 Å². The number of carbonyl (C=O) groups excluding carboxylic acids is 1. The van der Waals surface area contributed by atoms with Crippen LogP contribution in [0.4, 0.5) is 10.5 Å². The maximum absolute atomic E-state index is 11.8. The predicted octanol–water partition coefficient (Wildman–Crippen LogP) is 2.40. The summed E-state index contributed by atoms with van der Waals surface area (Å²) in [5.41, 5.74) is 2.69. The van der Waals surface area contributed by atoms with Crippen molar-refractivity contribution < 1.29 is 9.90 Å². The highest BCUT2D eigenvalue weighted by atomic mass is 16.3. The van der Waals surface area contributed by atoms with Crippen LogP contribution in [-0.4, -0.2) is 27.5 Å². The highest BCUT2D eigenvalue weighted by molar-refractivity contribution is 5.88. The van der Waals surface area contributed by atoms with Gasteiger partial charge in [-0.25, -0.2) is 4.79 Å². The van der Waals surface area contributed by atoms with Gasteiger partial charge in [0.1, 0.15) is 0 Å². The number of amides is 2. The molecular formula is C17H24N4O2. The Morgan fingerprint density at radius 2 is 1.96 bits per heavy atom. The third-order valence-electron chi connectivity index (χ3n) is 3.35. The number of aromatic nitrogens is 2. The highest BCUT2D eigenvalue weighted by Gasteiger charge is 2.05. The highest BCUT2D eigenvalue weighted by Crippen LogP contribution is 2.07. The van der Waals surface area contributed by atoms with Crippen LogP contribution in [0.5, 0.6) is 0 Å². The van der Waals surface area contributed by atoms with Gasteiger partial charge in [-0.2, -0.15) is 5.10 Å². The average Bonchev–Trinajstić information content (AvgIpc) is 2.94. The minimum Gasteiger partial charge on any atom is -0.392 e. The molecule has 0 aliphatic carbocycles. The van der Waals surface area contributed by atoms with Crippen molar-refractivity contribution in [2.75, 3.05) is 11.9 Å². The van der Waals surface area contributed by atoms with Gasteiger partial charge in [0.05, 0.1) is 18.5 Å². The van der Waals surface area contributed by atoms with Crippen molar-refractivity contribution in [3.8, 4) is 0 Å². The molecule has 0 unspecified atom stereocenters. The molecule has 0 aliphatic heterocycles. The topological polar surface area (TPSA) is 79.2 Å². The number of urea groups is 1. The minimum atomic E-state index is -0.235. The first-order valence-electron chi connectivity index (χ1n) is 7.83. The van der Waals surface area contributed by atoms with Gasteiger partial charge in [-0.15, -0.1) is 0 Å². The molecule has 2 aromatic rings. The zero-order valence-corrected chi connectivity index (χ0v) is 13.6. The number of carbonyl (C=O) groups is 1. The van der Waals surface area contributed by atoms with Crippen molar-refractivity contribution in [1.82, 2.24) is 15.1 Å². The van der Waals surface area contributed by atoms with Gasteiger partial charge in [0, 0.05) is 19.3 Å². The Kier molecular flexibility index (Phi) is 6.17. The number of aliphatic hydroxyl groups excluding tert-OH is 1. The molecule has 2 amide bonds. The van der Waals surface area contributed by atoms with E-state index in [1.165, 1.54) is 0 Å². The number of nitrogens with one attached hydrogen (secondary N) is 2. The molecule has 0 fully saturated rings. The lowest BCUT2D eigenvalue weighted by Gasteiger charge is -2.07. The SMILES string of the molecule is CC(C)Cn1cc(NC(=O)NCCc2ccc(CO)cc2)cn1. The van der Waals surface area contributed by atoms with Gasteiger partial charge in [0.15, 0.2) is 0 Å². The summed E-state index contributed by atoms with van der Waals surface area (Å²) in [5.74, 6) is 0.508. The number of rotatable bonds is 7. The van der Waals surface area contributed by atoms with E-state index in [2.05, 4.69) is 29.6 Å². The third kappa shape index (κ3) is 5.75. The Balaban J connectivity index is 1.73. The van der Waals surface area contributed by atoms with E-state index in [1.807, 2.05) is 35.1 Å². The molecule has 1 aromatic carbocycles. The van der Waals surface area contributed by atoms with Crippen molar-refractivity contribution in [3.05, 3.63) is 47.8 Å². The largest absolute Gasteiger partial charge is 0.392 e. The molecule has 0 spiro atoms. The molecule has 1 heterocycles. The van der Waals surface area contributed by atoms with Crippen molar-refractivity contribution in [2.45, 2.75) is 33.4 Å². The third-order valence-corrected chi connectivity index (χ3v) is 3.35. The van der Waals surface area contributed by atoms with Crippen molar-refractivity contribution in [3.63, 3.8) is 0 Å². The van der Waals surface area contributed by atoms with Gasteiger partial charge in [-0.05, 0) is 23.5 Å². The second-order valence-electron chi connectivity index (χ2n) is 5.95. The van der Waals surface area contributed by atoms with E-state index in [0.29, 0.717) is 18.2 Å². The lowest BCUT2D eigenvalue weighted by molar-refractivity contribution is 0.252. The number of benzene rings is 1. The summed E-state index contributed by atoms with van der Waals surface area (Å²) in [5, 5.41) is 18.8. The molecule has 6 nitrogen and oxygen atoms in total. The summed E-state index contributed by atoms with van der Waals surface area (Å²) in [6.45, 7) is 5.66. The fraction of sp³-hybridized carbons (Fsp3) is 0.412. The van der Waals surface area contributed by atoms with Crippen LogP contribution >= 0.6 is 0 Å². The lowest BCUT2D eigenvalue weighted by atomic mass is 10.1. The lowest BCUT2D eigenvalue weighted by Crippen LogP contribution is -2.30. The Hall–Kier alpha value is -2.34. The van der Waals surface area contributed by atoms with E-state index >= 15 is 0 Å². The summed E-state index contributed by atoms with van der Waals surface area (Å²) < 4.78 is 1.82. The molecule has 0 radical (unpaired) electrons. The number of nitrogens with zero attached hydrogens (tertiary/aromatic N) is 2. The molecular weight excluding hydrogens is 292 g/mol. The van der Waals surface area contributed by atoms with Gasteiger partial charge < -0.3 is 15.7 Å². The molecule has 0 saturated heterocycles. The van der Waals surface area contributed by atoms with Gasteiger partial charge in [-0.3, -0.25) is 4.68 Å². The average molecular weight is 316 g/mol. The molecule has 0 bridgehead atoms. The zero-order valence-electron chi connectivity index (χ0n) is 13.6. The van der Waals surface area contributed by atoms with Gasteiger partial charge in [0.2, 0.25) is 0 Å². The maximum atomic E-state index is 11.8. The molecule has 6 heteroatoms. The molecule has 23 heavy (non-hydrogen) atoms. The van der Waals surface area contributed by atoms with Crippen LogP contribution in [-0.2, 0) is 19.6 Å². The molecule has 0 saturated carbocycles. The maximum Gasteiger partial charge on any atom is 0.319 e. The van der Waals surface area contributed by atoms with Crippen LogP contribution in [0.2, 0.25) is 0 Å². The fourth-order valence-electron chi connectivity index (χ4n) is 2.21. The number of anilines is 1. The van der Waals surface area contributed by atoms with Gasteiger partial charge in [-0.1, -0.05) is 38.1 Å². The number of hydrogen-bond acceptors (Lipinski definition) is 3.